The van der Waals surface area contributed by atoms with Crippen LogP contribution in [0.2, 0.25) is 0 Å². The van der Waals surface area contributed by atoms with Gasteiger partial charge in [-0.15, -0.1) is 0 Å². The molecule has 0 bridgehead atoms. The van der Waals surface area contributed by atoms with Crippen LogP contribution < -0.4 is 10.2 Å². The van der Waals surface area contributed by atoms with Crippen molar-refractivity contribution < 1.29 is 18.9 Å². The van der Waals surface area contributed by atoms with Gasteiger partial charge in [0.2, 0.25) is 0 Å². The van der Waals surface area contributed by atoms with Crippen molar-refractivity contribution in [2.45, 2.75) is 0 Å². The summed E-state index contributed by atoms with van der Waals surface area (Å²) in [5.41, 5.74) is 3.31. The van der Waals surface area contributed by atoms with E-state index in [0.717, 1.165) is 0 Å². The fraction of sp³-hybridized carbons (Fsp3) is 0.0556. The van der Waals surface area contributed by atoms with Gasteiger partial charge >= 0.3 is 5.91 Å². The van der Waals surface area contributed by atoms with Gasteiger partial charge in [-0.25, -0.2) is 5.43 Å². The first-order valence-electron chi connectivity index (χ1n) is 7.68. The summed E-state index contributed by atoms with van der Waals surface area (Å²) in [6.07, 6.45) is 1.43. The predicted octanol–water partition coefficient (Wildman–Crippen LogP) is 3.01. The number of benzene rings is 2. The fourth-order valence-electron chi connectivity index (χ4n) is 2.24. The average molecular weight is 364 g/mol. The van der Waals surface area contributed by atoms with Gasteiger partial charge in [-0.3, -0.25) is 14.9 Å². The van der Waals surface area contributed by atoms with E-state index in [1.807, 2.05) is 6.07 Å². The fourth-order valence-corrected chi connectivity index (χ4v) is 2.24. The predicted molar refractivity (Wildman–Crippen MR) is 95.5 cm³/mol. The maximum Gasteiger partial charge on any atom is 0.307 e. The maximum atomic E-state index is 12.1. The van der Waals surface area contributed by atoms with Crippen LogP contribution >= 0.6 is 0 Å². The summed E-state index contributed by atoms with van der Waals surface area (Å²) in [5, 5.41) is 23.5. The summed E-state index contributed by atoms with van der Waals surface area (Å²) < 4.78 is 10.5. The molecule has 9 nitrogen and oxygen atoms in total. The van der Waals surface area contributed by atoms with Gasteiger partial charge in [0, 0.05) is 17.5 Å². The van der Waals surface area contributed by atoms with Crippen molar-refractivity contribution in [1.82, 2.24) is 5.43 Å². The van der Waals surface area contributed by atoms with Crippen LogP contribution in [0.25, 0.3) is 11.0 Å². The van der Waals surface area contributed by atoms with Crippen molar-refractivity contribution in [3.63, 3.8) is 0 Å². The molecule has 0 radical (unpaired) electrons. The summed E-state index contributed by atoms with van der Waals surface area (Å²) in [5.74, 6) is -0.0453. The van der Waals surface area contributed by atoms with E-state index in [0.29, 0.717) is 22.3 Å². The quantitative estimate of drug-likeness (QED) is 0.406. The minimum atomic E-state index is -0.584. The number of nitro groups is 1. The zero-order valence-electron chi connectivity index (χ0n) is 13.8. The molecule has 0 aliphatic heterocycles. The van der Waals surface area contributed by atoms with Crippen molar-refractivity contribution in [2.24, 2.45) is 5.10 Å². The molecule has 3 aromatic rings. The van der Waals surface area contributed by atoms with Gasteiger partial charge in [0.05, 0.1) is 11.1 Å². The largest absolute Gasteiger partial charge is 0.479 e. The van der Waals surface area contributed by atoms with E-state index >= 15 is 0 Å². The van der Waals surface area contributed by atoms with Crippen molar-refractivity contribution in [3.05, 3.63) is 70.0 Å². The molecule has 0 saturated carbocycles. The number of hydrogen-bond donors (Lipinski definition) is 1. The third kappa shape index (κ3) is 4.26. The van der Waals surface area contributed by atoms with Crippen LogP contribution in [0.5, 0.6) is 5.75 Å². The molecule has 9 heteroatoms. The highest BCUT2D eigenvalue weighted by Crippen LogP contribution is 2.24. The molecule has 0 saturated heterocycles. The molecule has 1 amide bonds. The number of nitriles is 1. The molecule has 27 heavy (non-hydrogen) atoms. The van der Waals surface area contributed by atoms with Gasteiger partial charge in [0.1, 0.15) is 17.4 Å². The summed E-state index contributed by atoms with van der Waals surface area (Å²) >= 11 is 0. The van der Waals surface area contributed by atoms with Gasteiger partial charge in [-0.05, 0) is 42.0 Å². The number of carbonyl (C=O) groups excluding carboxylic acids is 1. The first-order valence-corrected chi connectivity index (χ1v) is 7.68. The number of ether oxygens (including phenoxy) is 1. The number of rotatable bonds is 6. The SMILES string of the molecule is N#CCOc1ccc(/C=N\NC(=O)c2cc3cc([N+](=O)[O-])ccc3o2)cc1. The Kier molecular flexibility index (Phi) is 5.09. The van der Waals surface area contributed by atoms with Crippen LogP contribution in [0.3, 0.4) is 0 Å². The summed E-state index contributed by atoms with van der Waals surface area (Å²) in [6.45, 7) is -0.0375. The number of nitrogens with zero attached hydrogens (tertiary/aromatic N) is 3. The van der Waals surface area contributed by atoms with Crippen molar-refractivity contribution >= 4 is 28.8 Å². The Balaban J connectivity index is 1.65. The van der Waals surface area contributed by atoms with E-state index in [2.05, 4.69) is 10.5 Å². The number of non-ortho nitro benzene ring substituents is 1. The molecule has 1 N–H and O–H groups in total. The van der Waals surface area contributed by atoms with Gasteiger partial charge in [0.25, 0.3) is 5.69 Å². The topological polar surface area (TPSA) is 131 Å². The first-order chi connectivity index (χ1) is 13.1. The molecular weight excluding hydrogens is 352 g/mol. The molecule has 3 rings (SSSR count). The van der Waals surface area contributed by atoms with Gasteiger partial charge in [-0.1, -0.05) is 0 Å². The second-order valence-corrected chi connectivity index (χ2v) is 5.30. The van der Waals surface area contributed by atoms with Crippen LogP contribution in [0.4, 0.5) is 5.69 Å². The molecule has 1 heterocycles. The third-order valence-electron chi connectivity index (χ3n) is 3.50. The van der Waals surface area contributed by atoms with Crippen molar-refractivity contribution in [3.8, 4) is 11.8 Å². The lowest BCUT2D eigenvalue weighted by molar-refractivity contribution is -0.384. The number of hydrogen-bond acceptors (Lipinski definition) is 7. The van der Waals surface area contributed by atoms with E-state index in [9.17, 15) is 14.9 Å². The third-order valence-corrected chi connectivity index (χ3v) is 3.50. The van der Waals surface area contributed by atoms with Crippen molar-refractivity contribution in [1.29, 1.82) is 5.26 Å². The monoisotopic (exact) mass is 364 g/mol. The molecular formula is C18H12N4O5. The summed E-state index contributed by atoms with van der Waals surface area (Å²) in [6, 6.07) is 14.1. The minimum absolute atomic E-state index is 0.0112. The van der Waals surface area contributed by atoms with E-state index in [1.54, 1.807) is 24.3 Å². The highest BCUT2D eigenvalue weighted by Gasteiger charge is 2.14. The Labute approximate surface area is 152 Å². The zero-order valence-corrected chi connectivity index (χ0v) is 13.8. The minimum Gasteiger partial charge on any atom is -0.479 e. The Morgan fingerprint density at radius 1 is 1.30 bits per heavy atom. The van der Waals surface area contributed by atoms with Crippen LogP contribution in [0.15, 0.2) is 58.0 Å². The first kappa shape index (κ1) is 17.6. The number of furan rings is 1. The molecule has 0 spiro atoms. The van der Waals surface area contributed by atoms with Crippen LogP contribution in [0.1, 0.15) is 16.1 Å². The molecule has 0 unspecified atom stereocenters. The second kappa shape index (κ2) is 7.79. The number of hydrazone groups is 1. The standard InChI is InChI=1S/C18H12N4O5/c19-7-8-26-15-4-1-12(2-5-15)11-20-21-18(23)17-10-13-9-14(22(24)25)3-6-16(13)27-17/h1-6,9-11H,8H2,(H,21,23)/b20-11-. The molecule has 2 aromatic carbocycles. The lowest BCUT2D eigenvalue weighted by Gasteiger charge is -2.01. The molecule has 0 aliphatic rings. The van der Waals surface area contributed by atoms with E-state index in [4.69, 9.17) is 14.4 Å². The smallest absolute Gasteiger partial charge is 0.307 e. The summed E-state index contributed by atoms with van der Waals surface area (Å²) in [4.78, 5) is 22.4. The van der Waals surface area contributed by atoms with Gasteiger partial charge in [-0.2, -0.15) is 10.4 Å². The summed E-state index contributed by atoms with van der Waals surface area (Å²) in [7, 11) is 0. The maximum absolute atomic E-state index is 12.1. The Morgan fingerprint density at radius 3 is 2.78 bits per heavy atom. The Morgan fingerprint density at radius 2 is 2.07 bits per heavy atom. The number of fused-ring (bicyclic) bond motifs is 1. The average Bonchev–Trinajstić information content (AvgIpc) is 3.10. The van der Waals surface area contributed by atoms with Crippen molar-refractivity contribution in [2.75, 3.05) is 6.61 Å². The van der Waals surface area contributed by atoms with E-state index in [-0.39, 0.29) is 18.1 Å². The normalized spacial score (nSPS) is 10.6. The number of amides is 1. The highest BCUT2D eigenvalue weighted by molar-refractivity contribution is 5.97. The van der Waals surface area contributed by atoms with E-state index in [1.165, 1.54) is 30.5 Å². The Bertz CT molecular complexity index is 1060. The molecule has 1 aromatic heterocycles. The lowest BCUT2D eigenvalue weighted by Crippen LogP contribution is -2.16. The molecule has 134 valence electrons. The molecule has 0 aliphatic carbocycles. The Hall–Kier alpha value is -4.19. The van der Waals surface area contributed by atoms with Crippen LogP contribution in [0, 0.1) is 21.4 Å². The molecule has 0 fully saturated rings. The van der Waals surface area contributed by atoms with E-state index < -0.39 is 10.8 Å². The number of nitro benzene ring substituents is 1. The zero-order chi connectivity index (χ0) is 19.2. The second-order valence-electron chi connectivity index (χ2n) is 5.30. The number of nitrogens with one attached hydrogen (secondary N) is 1. The molecule has 0 atom stereocenters. The van der Waals surface area contributed by atoms with Gasteiger partial charge < -0.3 is 9.15 Å². The number of carbonyl (C=O) groups is 1. The van der Waals surface area contributed by atoms with Crippen LogP contribution in [-0.4, -0.2) is 23.7 Å². The lowest BCUT2D eigenvalue weighted by atomic mass is 10.2. The van der Waals surface area contributed by atoms with Crippen LogP contribution in [-0.2, 0) is 0 Å². The van der Waals surface area contributed by atoms with Gasteiger partial charge in [0.15, 0.2) is 12.4 Å². The highest BCUT2D eigenvalue weighted by atomic mass is 16.6.